The lowest BCUT2D eigenvalue weighted by Crippen LogP contribution is -2.29. The molecular weight excluding hydrogens is 460 g/mol. The van der Waals surface area contributed by atoms with Crippen molar-refractivity contribution in [2.45, 2.75) is 37.4 Å². The molecule has 0 amide bonds. The highest BCUT2D eigenvalue weighted by Gasteiger charge is 2.37. The van der Waals surface area contributed by atoms with Crippen molar-refractivity contribution in [1.82, 2.24) is 30.0 Å². The van der Waals surface area contributed by atoms with Gasteiger partial charge in [-0.3, -0.25) is 0 Å². The maximum Gasteiger partial charge on any atom is 0.179 e. The third-order valence-corrected chi connectivity index (χ3v) is 4.39. The standard InChI is InChI=1S/C16H22BF3N12O2/c17-13(11-9-31(29-25-11)3-7-33-5-1-23-27-21)15(19)16(20)14(18)12-10-32(30-26-12)4-8-34-6-2-24-28-22/h9-10,13-16H,1-8H2. The molecule has 0 aliphatic carbocycles. The molecule has 4 unspecified atom stereocenters. The van der Waals surface area contributed by atoms with E-state index in [1.165, 1.54) is 15.6 Å². The topological polar surface area (TPSA) is 177 Å². The number of aromatic nitrogens is 6. The predicted octanol–water partition coefficient (Wildman–Crippen LogP) is 2.12. The lowest BCUT2D eigenvalue weighted by atomic mass is 9.78. The van der Waals surface area contributed by atoms with Crippen molar-refractivity contribution in [3.05, 3.63) is 44.7 Å². The largest absolute Gasteiger partial charge is 0.379 e. The van der Waals surface area contributed by atoms with Crippen LogP contribution < -0.4 is 0 Å². The zero-order chi connectivity index (χ0) is 24.8. The molecule has 0 spiro atoms. The van der Waals surface area contributed by atoms with Gasteiger partial charge in [-0.1, -0.05) is 20.7 Å². The minimum Gasteiger partial charge on any atom is -0.379 e. The van der Waals surface area contributed by atoms with E-state index >= 15 is 0 Å². The molecule has 0 aliphatic heterocycles. The van der Waals surface area contributed by atoms with Crippen molar-refractivity contribution in [3.8, 4) is 0 Å². The summed E-state index contributed by atoms with van der Waals surface area (Å²) in [6.45, 7) is 1.56. The molecule has 2 aromatic rings. The van der Waals surface area contributed by atoms with Crippen molar-refractivity contribution in [1.29, 1.82) is 0 Å². The van der Waals surface area contributed by atoms with Crippen LogP contribution in [0.1, 0.15) is 23.4 Å². The maximum atomic E-state index is 14.6. The second-order valence-electron chi connectivity index (χ2n) is 6.76. The molecule has 14 nitrogen and oxygen atoms in total. The Hall–Kier alpha value is -3.33. The summed E-state index contributed by atoms with van der Waals surface area (Å²) < 4.78 is 56.6. The van der Waals surface area contributed by atoms with E-state index < -0.39 is 30.0 Å². The summed E-state index contributed by atoms with van der Waals surface area (Å²) in [5.74, 6) is -1.56. The van der Waals surface area contributed by atoms with Gasteiger partial charge in [0.15, 0.2) is 12.3 Å². The Bertz CT molecular complexity index is 888. The number of hydrogen-bond donors (Lipinski definition) is 0. The van der Waals surface area contributed by atoms with Gasteiger partial charge >= 0.3 is 0 Å². The average molecular weight is 482 g/mol. The van der Waals surface area contributed by atoms with E-state index in [2.05, 4.69) is 40.7 Å². The molecule has 0 saturated heterocycles. The summed E-state index contributed by atoms with van der Waals surface area (Å²) in [5, 5.41) is 21.3. The van der Waals surface area contributed by atoms with Crippen LogP contribution in [-0.4, -0.2) is 89.7 Å². The Kier molecular flexibility index (Phi) is 11.7. The van der Waals surface area contributed by atoms with Gasteiger partial charge in [0.25, 0.3) is 0 Å². The van der Waals surface area contributed by atoms with Gasteiger partial charge in [-0.25, -0.2) is 22.5 Å². The fraction of sp³-hybridized carbons (Fsp3) is 0.750. The van der Waals surface area contributed by atoms with Gasteiger partial charge in [0.05, 0.1) is 59.3 Å². The number of alkyl halides is 3. The highest BCUT2D eigenvalue weighted by Crippen LogP contribution is 2.31. The predicted molar refractivity (Wildman–Crippen MR) is 112 cm³/mol. The first-order valence-corrected chi connectivity index (χ1v) is 10.1. The molecule has 2 rings (SSSR count). The molecule has 4 atom stereocenters. The highest BCUT2D eigenvalue weighted by atomic mass is 19.2. The lowest BCUT2D eigenvalue weighted by Gasteiger charge is -2.20. The first-order valence-electron chi connectivity index (χ1n) is 10.1. The summed E-state index contributed by atoms with van der Waals surface area (Å²) in [6, 6.07) is 0. The van der Waals surface area contributed by atoms with E-state index in [4.69, 9.17) is 28.4 Å². The average Bonchev–Trinajstić information content (AvgIpc) is 3.51. The fourth-order valence-corrected chi connectivity index (χ4v) is 2.63. The maximum absolute atomic E-state index is 14.6. The van der Waals surface area contributed by atoms with Gasteiger partial charge in [-0.2, -0.15) is 0 Å². The van der Waals surface area contributed by atoms with Gasteiger partial charge in [0.1, 0.15) is 11.9 Å². The molecule has 182 valence electrons. The SMILES string of the molecule is [B]C(c1cn(CCOCCN=[N+]=[N-])nn1)C(F)C(F)C(F)c1cn(CCOCCN=[N+]=[N-])nn1. The Morgan fingerprint density at radius 2 is 1.35 bits per heavy atom. The minimum atomic E-state index is -2.62. The molecule has 2 aromatic heterocycles. The summed E-state index contributed by atoms with van der Waals surface area (Å²) in [7, 11) is 5.74. The number of azide groups is 2. The second-order valence-corrected chi connectivity index (χ2v) is 6.76. The van der Waals surface area contributed by atoms with Gasteiger partial charge in [-0.15, -0.1) is 10.2 Å². The fourth-order valence-electron chi connectivity index (χ4n) is 2.63. The quantitative estimate of drug-likeness (QED) is 0.110. The van der Waals surface area contributed by atoms with E-state index in [1.807, 2.05) is 0 Å². The number of hydrogen-bond acceptors (Lipinski definition) is 8. The lowest BCUT2D eigenvalue weighted by molar-refractivity contribution is 0.0763. The van der Waals surface area contributed by atoms with Gasteiger partial charge in [0.2, 0.25) is 0 Å². The van der Waals surface area contributed by atoms with Crippen molar-refractivity contribution in [2.24, 2.45) is 10.2 Å². The van der Waals surface area contributed by atoms with Crippen LogP contribution in [0.4, 0.5) is 13.2 Å². The first-order chi connectivity index (χ1) is 16.5. The zero-order valence-corrected chi connectivity index (χ0v) is 18.0. The van der Waals surface area contributed by atoms with Crippen molar-refractivity contribution in [2.75, 3.05) is 39.5 Å². The van der Waals surface area contributed by atoms with E-state index in [0.717, 1.165) is 6.20 Å². The molecule has 18 heteroatoms. The molecular formula is C16H22BF3N12O2. The van der Waals surface area contributed by atoms with Crippen LogP contribution in [0.5, 0.6) is 0 Å². The van der Waals surface area contributed by atoms with Crippen LogP contribution in [0.25, 0.3) is 20.9 Å². The van der Waals surface area contributed by atoms with Crippen LogP contribution in [0.2, 0.25) is 0 Å². The number of rotatable bonds is 17. The van der Waals surface area contributed by atoms with Crippen molar-refractivity contribution >= 4 is 7.85 Å². The van der Waals surface area contributed by atoms with E-state index in [0.29, 0.717) is 0 Å². The zero-order valence-electron chi connectivity index (χ0n) is 18.0. The molecule has 0 bridgehead atoms. The van der Waals surface area contributed by atoms with E-state index in [-0.39, 0.29) is 58.3 Å². The number of nitrogens with zero attached hydrogens (tertiary/aromatic N) is 12. The first kappa shape index (κ1) is 26.9. The molecule has 0 N–H and O–H groups in total. The molecule has 2 heterocycles. The minimum absolute atomic E-state index is 0.0574. The van der Waals surface area contributed by atoms with Crippen LogP contribution >= 0.6 is 0 Å². The van der Waals surface area contributed by atoms with E-state index in [1.54, 1.807) is 0 Å². The third kappa shape index (κ3) is 8.55. The Balaban J connectivity index is 1.82. The molecule has 34 heavy (non-hydrogen) atoms. The monoisotopic (exact) mass is 482 g/mol. The van der Waals surface area contributed by atoms with Crippen LogP contribution in [0.3, 0.4) is 0 Å². The molecule has 2 radical (unpaired) electrons. The van der Waals surface area contributed by atoms with E-state index in [9.17, 15) is 13.2 Å². The van der Waals surface area contributed by atoms with Gasteiger partial charge < -0.3 is 9.47 Å². The summed E-state index contributed by atoms with van der Waals surface area (Å²) in [5.41, 5.74) is 15.9. The summed E-state index contributed by atoms with van der Waals surface area (Å²) >= 11 is 0. The highest BCUT2D eigenvalue weighted by molar-refractivity contribution is 6.12. The molecule has 0 fully saturated rings. The van der Waals surface area contributed by atoms with Gasteiger partial charge in [0, 0.05) is 34.9 Å². The second kappa shape index (κ2) is 14.7. The van der Waals surface area contributed by atoms with Crippen LogP contribution in [0.15, 0.2) is 22.6 Å². The Labute approximate surface area is 193 Å². The Morgan fingerprint density at radius 1 is 0.853 bits per heavy atom. The van der Waals surface area contributed by atoms with Gasteiger partial charge in [-0.05, 0) is 11.1 Å². The molecule has 0 aromatic carbocycles. The molecule has 0 saturated carbocycles. The summed E-state index contributed by atoms with van der Waals surface area (Å²) in [6.07, 6.45) is -4.99. The normalized spacial score (nSPS) is 14.6. The number of ether oxygens (including phenoxy) is 2. The van der Waals surface area contributed by atoms with Crippen molar-refractivity contribution < 1.29 is 22.6 Å². The third-order valence-electron chi connectivity index (χ3n) is 4.39. The van der Waals surface area contributed by atoms with Crippen molar-refractivity contribution in [3.63, 3.8) is 0 Å². The smallest absolute Gasteiger partial charge is 0.179 e. The van der Waals surface area contributed by atoms with Crippen LogP contribution in [0, 0.1) is 0 Å². The van der Waals surface area contributed by atoms with Crippen LogP contribution in [-0.2, 0) is 22.6 Å². The summed E-state index contributed by atoms with van der Waals surface area (Å²) in [4.78, 5) is 5.16. The number of halogens is 3. The molecule has 0 aliphatic rings. The Morgan fingerprint density at radius 3 is 1.88 bits per heavy atom.